The maximum absolute atomic E-state index is 12.2. The van der Waals surface area contributed by atoms with E-state index in [4.69, 9.17) is 9.47 Å². The van der Waals surface area contributed by atoms with Gasteiger partial charge in [0.1, 0.15) is 11.5 Å². The highest BCUT2D eigenvalue weighted by atomic mass is 16.5. The van der Waals surface area contributed by atoms with Gasteiger partial charge in [0.05, 0.1) is 27.4 Å². The zero-order valence-electron chi connectivity index (χ0n) is 52.9. The van der Waals surface area contributed by atoms with Crippen LogP contribution in [0.4, 0.5) is 0 Å². The third-order valence-electron chi connectivity index (χ3n) is 14.7. The maximum Gasteiger partial charge on any atom is 0.228 e. The van der Waals surface area contributed by atoms with Crippen LogP contribution in [0.15, 0.2) is 157 Å². The molecule has 1 aliphatic rings. The van der Waals surface area contributed by atoms with Gasteiger partial charge in [0, 0.05) is 27.8 Å². The molecule has 8 heteroatoms. The number of hydrogen-bond acceptors (Lipinski definition) is 8. The number of carbonyl (C=O) groups is 2. The van der Waals surface area contributed by atoms with Crippen LogP contribution in [0.1, 0.15) is 236 Å². The predicted molar refractivity (Wildman–Crippen MR) is 339 cm³/mol. The number of hydrogen-bond donors (Lipinski definition) is 4. The fourth-order valence-corrected chi connectivity index (χ4v) is 9.22. The first-order valence-electron chi connectivity index (χ1n) is 29.6. The van der Waals surface area contributed by atoms with E-state index in [1.165, 1.54) is 95.3 Å². The molecule has 0 saturated heterocycles. The summed E-state index contributed by atoms with van der Waals surface area (Å²) in [5, 5.41) is 39.7. The van der Waals surface area contributed by atoms with Crippen molar-refractivity contribution in [1.29, 1.82) is 0 Å². The molecule has 0 aromatic heterocycles. The van der Waals surface area contributed by atoms with Crippen molar-refractivity contribution in [2.75, 3.05) is 14.2 Å². The fraction of sp³-hybridized carbons (Fsp3) is 0.528. The van der Waals surface area contributed by atoms with Gasteiger partial charge in [-0.3, -0.25) is 9.59 Å². The first-order valence-corrected chi connectivity index (χ1v) is 29.6. The molecule has 1 aliphatic carbocycles. The Kier molecular flexibility index (Phi) is 37.3. The van der Waals surface area contributed by atoms with E-state index >= 15 is 0 Å². The number of ether oxygens (including phenoxy) is 2. The Balaban J connectivity index is 0.00000149. The van der Waals surface area contributed by atoms with Crippen molar-refractivity contribution in [2.24, 2.45) is 0 Å². The number of phenols is 2. The minimum Gasteiger partial charge on any atom is -0.508 e. The van der Waals surface area contributed by atoms with Crippen LogP contribution in [0.2, 0.25) is 0 Å². The zero-order valence-corrected chi connectivity index (χ0v) is 52.9. The summed E-state index contributed by atoms with van der Waals surface area (Å²) in [7, 11) is 2.71. The number of carbonyl (C=O) groups excluding carboxylic acids is 2. The largest absolute Gasteiger partial charge is 0.508 e. The average molecular weight is 1100 g/mol. The molecule has 0 aliphatic heterocycles. The molecule has 0 fully saturated rings. The standard InChI is InChI=1S/C58H90O4.C14H18O4/c1-44(2)21-12-22-45(3)23-13-24-46(4)25-14-26-47(5)27-15-28-48(6)29-16-30-49(7)31-17-32-50(8)33-18-34-51(9)35-19-36-52(10)37-20-38-53(11)39-40-54-41-57(61)55(42-59)56(43-60)58(54)62;1-8(2)6-7-10-9(3)11(15)13(17-4)14(18-5)12(10)16/h21,23,25,27,29,31,33,35,37,39,41,59-62H,12-20,22,24,26,28,30,32,34,36,38,40,42-43H2,1-11H3;6H,7H2,1-5H3/b45-23+,46-25+,47-27+,48-29+,49-31+,50-33+,51-35+,52-37+,53-39+;. The number of ketones is 2. The number of aliphatic hydroxyl groups excluding tert-OH is 2. The fourth-order valence-electron chi connectivity index (χ4n) is 9.22. The van der Waals surface area contributed by atoms with Crippen LogP contribution in [0.3, 0.4) is 0 Å². The third-order valence-corrected chi connectivity index (χ3v) is 14.7. The number of rotatable bonds is 35. The Bertz CT molecular complexity index is 2560. The molecule has 0 atom stereocenters. The van der Waals surface area contributed by atoms with Crippen LogP contribution >= 0.6 is 0 Å². The number of allylic oxidation sites excluding steroid dienone is 24. The minimum atomic E-state index is -0.437. The Morgan fingerprint density at radius 3 is 0.975 bits per heavy atom. The van der Waals surface area contributed by atoms with Gasteiger partial charge in [0.2, 0.25) is 23.1 Å². The number of aromatic hydroxyl groups is 2. The SMILES string of the molecule is CC(C)=CCC/C(C)=C/CC/C(C)=C/CC/C(C)=C/CC/C(C)=C/CC/C(C)=C/CC/C(C)=C/CC/C(C)=C/CC/C(C)=C/CC/C(C)=C/Cc1cc(O)c(CO)c(CO)c1O.COC1=C(OC)C(=O)C(CC=C(C)C)=C(C)C1=O. The van der Waals surface area contributed by atoms with Gasteiger partial charge in [-0.1, -0.05) is 128 Å². The van der Waals surface area contributed by atoms with Crippen LogP contribution < -0.4 is 0 Å². The van der Waals surface area contributed by atoms with E-state index in [2.05, 4.69) is 137 Å². The summed E-state index contributed by atoms with van der Waals surface area (Å²) in [6.07, 6.45) is 46.6. The molecule has 0 radical (unpaired) electrons. The van der Waals surface area contributed by atoms with E-state index in [0.717, 1.165) is 102 Å². The Hall–Kier alpha value is -5.70. The van der Waals surface area contributed by atoms with Crippen LogP contribution in [0.5, 0.6) is 11.5 Å². The van der Waals surface area contributed by atoms with Crippen LogP contribution in [0, 0.1) is 0 Å². The van der Waals surface area contributed by atoms with Crippen molar-refractivity contribution >= 4 is 11.6 Å². The van der Waals surface area contributed by atoms with Crippen molar-refractivity contribution in [3.05, 3.63) is 174 Å². The quantitative estimate of drug-likeness (QED) is 0.0300. The Morgan fingerprint density at radius 2 is 0.688 bits per heavy atom. The third kappa shape index (κ3) is 30.2. The lowest BCUT2D eigenvalue weighted by Crippen LogP contribution is -2.24. The molecule has 0 heterocycles. The van der Waals surface area contributed by atoms with E-state index in [1.54, 1.807) is 6.92 Å². The molecule has 0 bridgehead atoms. The molecule has 2 rings (SSSR count). The van der Waals surface area contributed by atoms with Crippen LogP contribution in [0.25, 0.3) is 0 Å². The second kappa shape index (κ2) is 41.3. The normalized spacial score (nSPS) is 14.7. The van der Waals surface area contributed by atoms with Gasteiger partial charge in [-0.2, -0.15) is 0 Å². The monoisotopic (exact) mass is 1100 g/mol. The predicted octanol–water partition coefficient (Wildman–Crippen LogP) is 19.4. The number of Topliss-reactive ketones (excluding diaryl/α,β-unsaturated/α-hetero) is 2. The summed E-state index contributed by atoms with van der Waals surface area (Å²) in [6.45, 7) is 29.3. The van der Waals surface area contributed by atoms with Gasteiger partial charge >= 0.3 is 0 Å². The number of methoxy groups -OCH3 is 2. The van der Waals surface area contributed by atoms with Gasteiger partial charge < -0.3 is 29.9 Å². The van der Waals surface area contributed by atoms with E-state index in [-0.39, 0.29) is 45.7 Å². The second-order valence-electron chi connectivity index (χ2n) is 22.8. The first kappa shape index (κ1) is 72.3. The van der Waals surface area contributed by atoms with Gasteiger partial charge in [0.25, 0.3) is 0 Å². The summed E-state index contributed by atoms with van der Waals surface area (Å²) in [6, 6.07) is 1.47. The summed E-state index contributed by atoms with van der Waals surface area (Å²) >= 11 is 0. The van der Waals surface area contributed by atoms with E-state index in [0.29, 0.717) is 29.6 Å². The lowest BCUT2D eigenvalue weighted by molar-refractivity contribution is -0.121. The zero-order chi connectivity index (χ0) is 60.2. The molecule has 1 aromatic rings. The molecule has 1 aromatic carbocycles. The topological polar surface area (TPSA) is 134 Å². The molecule has 80 heavy (non-hydrogen) atoms. The molecule has 0 amide bonds. The molecule has 0 unspecified atom stereocenters. The van der Waals surface area contributed by atoms with Gasteiger partial charge in [0.15, 0.2) is 0 Å². The molecular weight excluding hydrogens is 993 g/mol. The highest BCUT2D eigenvalue weighted by molar-refractivity contribution is 6.23. The average Bonchev–Trinajstić information content (AvgIpc) is 3.39. The van der Waals surface area contributed by atoms with Crippen molar-refractivity contribution < 1.29 is 39.5 Å². The summed E-state index contributed by atoms with van der Waals surface area (Å²) in [5.74, 6) is -0.743. The van der Waals surface area contributed by atoms with E-state index in [9.17, 15) is 30.0 Å². The van der Waals surface area contributed by atoms with Gasteiger partial charge in [-0.25, -0.2) is 0 Å². The van der Waals surface area contributed by atoms with Crippen molar-refractivity contribution in [3.63, 3.8) is 0 Å². The smallest absolute Gasteiger partial charge is 0.228 e. The molecule has 0 spiro atoms. The summed E-state index contributed by atoms with van der Waals surface area (Å²) in [4.78, 5) is 24.2. The van der Waals surface area contributed by atoms with Crippen molar-refractivity contribution in [2.45, 2.75) is 239 Å². The second-order valence-corrected chi connectivity index (χ2v) is 22.8. The first-order chi connectivity index (χ1) is 38.0. The maximum atomic E-state index is 12.2. The Labute approximate surface area is 486 Å². The lowest BCUT2D eigenvalue weighted by Gasteiger charge is -2.19. The Morgan fingerprint density at radius 1 is 0.400 bits per heavy atom. The number of benzene rings is 1. The highest BCUT2D eigenvalue weighted by Gasteiger charge is 2.34. The van der Waals surface area contributed by atoms with E-state index in [1.807, 2.05) is 19.9 Å². The molecule has 0 saturated carbocycles. The molecule has 444 valence electrons. The summed E-state index contributed by atoms with van der Waals surface area (Å²) in [5.41, 5.74) is 17.4. The van der Waals surface area contributed by atoms with Crippen molar-refractivity contribution in [3.8, 4) is 11.5 Å². The molecule has 8 nitrogen and oxygen atoms in total. The lowest BCUT2D eigenvalue weighted by atomic mass is 9.90. The van der Waals surface area contributed by atoms with Crippen molar-refractivity contribution in [1.82, 2.24) is 0 Å². The molecule has 4 N–H and O–H groups in total. The number of aliphatic hydroxyl groups is 2. The van der Waals surface area contributed by atoms with Crippen LogP contribution in [-0.4, -0.2) is 46.2 Å². The van der Waals surface area contributed by atoms with E-state index < -0.39 is 13.2 Å². The minimum absolute atomic E-state index is 0.00902. The molecular formula is C72H108O8. The van der Waals surface area contributed by atoms with Crippen LogP contribution in [-0.2, 0) is 38.7 Å². The highest BCUT2D eigenvalue weighted by Crippen LogP contribution is 2.34. The van der Waals surface area contributed by atoms with Gasteiger partial charge in [-0.05, 0) is 231 Å². The van der Waals surface area contributed by atoms with Gasteiger partial charge in [-0.15, -0.1) is 0 Å². The summed E-state index contributed by atoms with van der Waals surface area (Å²) < 4.78 is 9.95.